The number of hydrogen-bond acceptors (Lipinski definition) is 8. The van der Waals surface area contributed by atoms with Gasteiger partial charge in [0.1, 0.15) is 22.1 Å². The lowest BCUT2D eigenvalue weighted by Gasteiger charge is -2.18. The molecule has 204 valence electrons. The number of rotatable bonds is 8. The average Bonchev–Trinajstić information content (AvgIpc) is 3.43. The number of nitrogens with one attached hydrogen (secondary N) is 1. The molecule has 3 heterocycles. The number of aromatic nitrogens is 2. The van der Waals surface area contributed by atoms with Gasteiger partial charge in [-0.25, -0.2) is 9.78 Å². The Kier molecular flexibility index (Phi) is 7.86. The van der Waals surface area contributed by atoms with Crippen molar-refractivity contribution in [3.05, 3.63) is 61.8 Å². The van der Waals surface area contributed by atoms with E-state index in [0.717, 1.165) is 51.5 Å². The molecular formula is C29H31N3O5S2. The largest absolute Gasteiger partial charge is 0.494 e. The third-order valence-corrected chi connectivity index (χ3v) is 9.05. The molecule has 1 N–H and O–H groups in total. The number of benzene rings is 1. The molecule has 1 aliphatic carbocycles. The Morgan fingerprint density at radius 1 is 1.15 bits per heavy atom. The summed E-state index contributed by atoms with van der Waals surface area (Å²) >= 11 is 2.88. The summed E-state index contributed by atoms with van der Waals surface area (Å²) in [6.07, 6.45) is 4.05. The van der Waals surface area contributed by atoms with Gasteiger partial charge in [-0.3, -0.25) is 14.2 Å². The number of aryl methyl sites for hydroxylation is 1. The molecule has 0 bridgehead atoms. The van der Waals surface area contributed by atoms with E-state index in [2.05, 4.69) is 17.2 Å². The highest BCUT2D eigenvalue weighted by Crippen LogP contribution is 2.40. The Hall–Kier alpha value is -3.50. The van der Waals surface area contributed by atoms with Crippen LogP contribution in [0.4, 0.5) is 5.00 Å². The monoisotopic (exact) mass is 565 g/mol. The number of hydrogen-bond donors (Lipinski definition) is 1. The second-order valence-electron chi connectivity index (χ2n) is 9.67. The molecule has 8 nitrogen and oxygen atoms in total. The number of ether oxygens (including phenoxy) is 2. The van der Waals surface area contributed by atoms with Crippen molar-refractivity contribution in [1.29, 1.82) is 0 Å². The SMILES string of the molecule is CCOC(=O)c1c(NC(=O)Cn2cnc3sc(C)c(-c4ccc(OCC)cc4)c3c2=O)sc2c1CCC(C)C2. The van der Waals surface area contributed by atoms with E-state index in [0.29, 0.717) is 33.3 Å². The minimum atomic E-state index is -0.422. The topological polar surface area (TPSA) is 99.5 Å². The first-order valence-electron chi connectivity index (χ1n) is 13.1. The predicted octanol–water partition coefficient (Wildman–Crippen LogP) is 5.83. The maximum absolute atomic E-state index is 13.6. The summed E-state index contributed by atoms with van der Waals surface area (Å²) in [5.41, 5.74) is 2.84. The van der Waals surface area contributed by atoms with Gasteiger partial charge in [-0.05, 0) is 69.2 Å². The normalized spacial score (nSPS) is 14.7. The van der Waals surface area contributed by atoms with Gasteiger partial charge >= 0.3 is 5.97 Å². The first-order valence-corrected chi connectivity index (χ1v) is 14.8. The predicted molar refractivity (Wildman–Crippen MR) is 155 cm³/mol. The first kappa shape index (κ1) is 27.1. The molecular weight excluding hydrogens is 534 g/mol. The molecule has 0 radical (unpaired) electrons. The van der Waals surface area contributed by atoms with Gasteiger partial charge in [-0.1, -0.05) is 19.1 Å². The van der Waals surface area contributed by atoms with Crippen molar-refractivity contribution >= 4 is 49.8 Å². The Bertz CT molecular complexity index is 1600. The lowest BCUT2D eigenvalue weighted by atomic mass is 9.88. The molecule has 1 amide bonds. The van der Waals surface area contributed by atoms with Gasteiger partial charge in [-0.2, -0.15) is 0 Å². The van der Waals surface area contributed by atoms with Crippen molar-refractivity contribution in [3.63, 3.8) is 0 Å². The zero-order valence-corrected chi connectivity index (χ0v) is 24.1. The summed E-state index contributed by atoms with van der Waals surface area (Å²) in [7, 11) is 0. The first-order chi connectivity index (χ1) is 18.8. The van der Waals surface area contributed by atoms with Crippen LogP contribution in [0, 0.1) is 12.8 Å². The van der Waals surface area contributed by atoms with Crippen LogP contribution in [0.15, 0.2) is 35.4 Å². The molecule has 3 aromatic heterocycles. The minimum Gasteiger partial charge on any atom is -0.494 e. The summed E-state index contributed by atoms with van der Waals surface area (Å²) in [5, 5.41) is 3.87. The van der Waals surface area contributed by atoms with E-state index >= 15 is 0 Å². The van der Waals surface area contributed by atoms with E-state index in [1.54, 1.807) is 6.92 Å². The van der Waals surface area contributed by atoms with Crippen LogP contribution in [0.1, 0.15) is 52.9 Å². The van der Waals surface area contributed by atoms with Crippen LogP contribution < -0.4 is 15.6 Å². The maximum Gasteiger partial charge on any atom is 0.341 e. The van der Waals surface area contributed by atoms with E-state index in [9.17, 15) is 14.4 Å². The molecule has 0 aliphatic heterocycles. The fourth-order valence-electron chi connectivity index (χ4n) is 5.06. The van der Waals surface area contributed by atoms with Gasteiger partial charge in [0.25, 0.3) is 5.56 Å². The van der Waals surface area contributed by atoms with E-state index < -0.39 is 11.9 Å². The third-order valence-electron chi connectivity index (χ3n) is 6.87. The summed E-state index contributed by atoms with van der Waals surface area (Å²) in [6, 6.07) is 7.62. The van der Waals surface area contributed by atoms with E-state index in [-0.39, 0.29) is 18.7 Å². The van der Waals surface area contributed by atoms with Crippen molar-refractivity contribution in [2.75, 3.05) is 18.5 Å². The molecule has 0 saturated carbocycles. The van der Waals surface area contributed by atoms with Gasteiger partial charge in [0.05, 0.1) is 30.5 Å². The zero-order chi connectivity index (χ0) is 27.7. The highest BCUT2D eigenvalue weighted by Gasteiger charge is 2.29. The number of nitrogens with zero attached hydrogens (tertiary/aromatic N) is 2. The second kappa shape index (κ2) is 11.3. The summed E-state index contributed by atoms with van der Waals surface area (Å²) in [4.78, 5) is 46.8. The van der Waals surface area contributed by atoms with Crippen molar-refractivity contribution in [2.24, 2.45) is 5.92 Å². The lowest BCUT2D eigenvalue weighted by molar-refractivity contribution is -0.116. The van der Waals surface area contributed by atoms with Crippen molar-refractivity contribution in [2.45, 2.75) is 53.5 Å². The minimum absolute atomic E-state index is 0.222. The van der Waals surface area contributed by atoms with Gasteiger partial charge in [-0.15, -0.1) is 22.7 Å². The number of anilines is 1. The van der Waals surface area contributed by atoms with Gasteiger partial charge in [0.15, 0.2) is 0 Å². The Morgan fingerprint density at radius 2 is 1.92 bits per heavy atom. The van der Waals surface area contributed by atoms with E-state index in [1.807, 2.05) is 38.1 Å². The van der Waals surface area contributed by atoms with Crippen LogP contribution in [-0.2, 0) is 28.9 Å². The standard InChI is InChI=1S/C29H31N3O5S2/c1-5-36-19-10-8-18(9-11-19)23-17(4)38-26-25(23)28(34)32(15-30-26)14-22(33)31-27-24(29(35)37-6-2)20-12-7-16(3)13-21(20)39-27/h8-11,15-16H,5-7,12-14H2,1-4H3,(H,31,33). The highest BCUT2D eigenvalue weighted by atomic mass is 32.1. The molecule has 0 fully saturated rings. The fourth-order valence-corrected chi connectivity index (χ4v) is 7.48. The van der Waals surface area contributed by atoms with Crippen LogP contribution in [0.3, 0.4) is 0 Å². The van der Waals surface area contributed by atoms with E-state index in [4.69, 9.17) is 9.47 Å². The second-order valence-corrected chi connectivity index (χ2v) is 12.0. The number of fused-ring (bicyclic) bond motifs is 2. The number of carbonyl (C=O) groups is 2. The molecule has 10 heteroatoms. The molecule has 1 atom stereocenters. The molecule has 1 unspecified atom stereocenters. The van der Waals surface area contributed by atoms with Gasteiger partial charge in [0.2, 0.25) is 5.91 Å². The van der Waals surface area contributed by atoms with Gasteiger partial charge < -0.3 is 14.8 Å². The molecule has 1 aliphatic rings. The van der Waals surface area contributed by atoms with Crippen molar-refractivity contribution < 1.29 is 19.1 Å². The summed E-state index contributed by atoms with van der Waals surface area (Å²) in [6.45, 7) is 8.45. The smallest absolute Gasteiger partial charge is 0.341 e. The Morgan fingerprint density at radius 3 is 2.64 bits per heavy atom. The summed E-state index contributed by atoms with van der Waals surface area (Å²) < 4.78 is 12.2. The fraction of sp³-hybridized carbons (Fsp3) is 0.379. The zero-order valence-electron chi connectivity index (χ0n) is 22.5. The Labute approximate surface area is 234 Å². The molecule has 4 aromatic rings. The highest BCUT2D eigenvalue weighted by molar-refractivity contribution is 7.19. The quantitative estimate of drug-likeness (QED) is 0.270. The average molecular weight is 566 g/mol. The Balaban J connectivity index is 1.45. The number of thiophene rings is 2. The molecule has 0 spiro atoms. The molecule has 1 aromatic carbocycles. The molecule has 39 heavy (non-hydrogen) atoms. The maximum atomic E-state index is 13.6. The third kappa shape index (κ3) is 5.35. The van der Waals surface area contributed by atoms with Crippen LogP contribution in [0.2, 0.25) is 0 Å². The molecule has 5 rings (SSSR count). The molecule has 0 saturated heterocycles. The lowest BCUT2D eigenvalue weighted by Crippen LogP contribution is -2.28. The van der Waals surface area contributed by atoms with Crippen molar-refractivity contribution in [1.82, 2.24) is 9.55 Å². The van der Waals surface area contributed by atoms with Gasteiger partial charge in [0, 0.05) is 15.3 Å². The van der Waals surface area contributed by atoms with Crippen LogP contribution >= 0.6 is 22.7 Å². The van der Waals surface area contributed by atoms with Crippen LogP contribution in [0.25, 0.3) is 21.3 Å². The summed E-state index contributed by atoms with van der Waals surface area (Å²) in [5.74, 6) is 0.459. The van der Waals surface area contributed by atoms with E-state index in [1.165, 1.54) is 33.6 Å². The number of carbonyl (C=O) groups excluding carboxylic acids is 2. The van der Waals surface area contributed by atoms with Crippen LogP contribution in [0.5, 0.6) is 5.75 Å². The van der Waals surface area contributed by atoms with Crippen LogP contribution in [-0.4, -0.2) is 34.6 Å². The number of esters is 1. The van der Waals surface area contributed by atoms with Crippen molar-refractivity contribution in [3.8, 4) is 16.9 Å². The number of amides is 1.